The summed E-state index contributed by atoms with van der Waals surface area (Å²) in [5.74, 6) is 0.818. The standard InChI is InChI=1S/C9H15I/c1-7-8(10)5-4-6-9(7,2)3/h4-5,7-8H,6H2,1-3H3. The highest BCUT2D eigenvalue weighted by Gasteiger charge is 2.31. The molecule has 0 heterocycles. The van der Waals surface area contributed by atoms with Crippen LogP contribution >= 0.6 is 22.6 Å². The zero-order chi connectivity index (χ0) is 7.78. The number of rotatable bonds is 0. The largest absolute Gasteiger partial charge is 0.0869 e. The van der Waals surface area contributed by atoms with Gasteiger partial charge < -0.3 is 0 Å². The molecule has 0 spiro atoms. The zero-order valence-electron chi connectivity index (χ0n) is 6.89. The molecule has 0 radical (unpaired) electrons. The molecular weight excluding hydrogens is 235 g/mol. The van der Waals surface area contributed by atoms with Crippen molar-refractivity contribution in [1.29, 1.82) is 0 Å². The minimum absolute atomic E-state index is 0.514. The van der Waals surface area contributed by atoms with Crippen LogP contribution in [0.15, 0.2) is 12.2 Å². The van der Waals surface area contributed by atoms with Crippen molar-refractivity contribution in [1.82, 2.24) is 0 Å². The summed E-state index contributed by atoms with van der Waals surface area (Å²) in [5, 5.41) is 0. The van der Waals surface area contributed by atoms with Gasteiger partial charge in [-0.15, -0.1) is 0 Å². The average molecular weight is 250 g/mol. The Morgan fingerprint density at radius 3 is 2.50 bits per heavy atom. The van der Waals surface area contributed by atoms with Crippen molar-refractivity contribution in [3.05, 3.63) is 12.2 Å². The van der Waals surface area contributed by atoms with E-state index in [4.69, 9.17) is 0 Å². The summed E-state index contributed by atoms with van der Waals surface area (Å²) in [4.78, 5) is 0. The van der Waals surface area contributed by atoms with Crippen LogP contribution in [0, 0.1) is 11.3 Å². The van der Waals surface area contributed by atoms with Crippen LogP contribution in [0.5, 0.6) is 0 Å². The van der Waals surface area contributed by atoms with E-state index < -0.39 is 0 Å². The van der Waals surface area contributed by atoms with Crippen LogP contribution in [0.1, 0.15) is 27.2 Å². The van der Waals surface area contributed by atoms with Gasteiger partial charge in [-0.3, -0.25) is 0 Å². The SMILES string of the molecule is CC1C(I)C=CCC1(C)C. The predicted molar refractivity (Wildman–Crippen MR) is 54.5 cm³/mol. The van der Waals surface area contributed by atoms with Crippen LogP contribution in [0.4, 0.5) is 0 Å². The maximum Gasteiger partial charge on any atom is 0.0320 e. The quantitative estimate of drug-likeness (QED) is 0.351. The van der Waals surface area contributed by atoms with E-state index in [0.29, 0.717) is 5.41 Å². The van der Waals surface area contributed by atoms with Crippen molar-refractivity contribution < 1.29 is 0 Å². The average Bonchev–Trinajstić information content (AvgIpc) is 1.83. The first kappa shape index (κ1) is 8.57. The van der Waals surface area contributed by atoms with Crippen LogP contribution in [-0.4, -0.2) is 3.92 Å². The van der Waals surface area contributed by atoms with E-state index in [9.17, 15) is 0 Å². The van der Waals surface area contributed by atoms with Crippen LogP contribution in [0.25, 0.3) is 0 Å². The highest BCUT2D eigenvalue weighted by Crippen LogP contribution is 2.39. The third-order valence-corrected chi connectivity index (χ3v) is 4.17. The van der Waals surface area contributed by atoms with Crippen molar-refractivity contribution in [3.63, 3.8) is 0 Å². The Morgan fingerprint density at radius 1 is 1.50 bits per heavy atom. The highest BCUT2D eigenvalue weighted by atomic mass is 127. The van der Waals surface area contributed by atoms with Crippen LogP contribution in [0.3, 0.4) is 0 Å². The minimum Gasteiger partial charge on any atom is -0.0869 e. The Morgan fingerprint density at radius 2 is 2.10 bits per heavy atom. The lowest BCUT2D eigenvalue weighted by molar-refractivity contribution is 0.235. The van der Waals surface area contributed by atoms with Gasteiger partial charge in [-0.25, -0.2) is 0 Å². The molecule has 1 aliphatic carbocycles. The van der Waals surface area contributed by atoms with Gasteiger partial charge in [-0.2, -0.15) is 0 Å². The molecule has 0 aromatic heterocycles. The second-order valence-corrected chi connectivity index (χ2v) is 5.29. The molecule has 0 saturated heterocycles. The molecule has 0 aliphatic heterocycles. The van der Waals surface area contributed by atoms with Crippen molar-refractivity contribution in [2.24, 2.45) is 11.3 Å². The van der Waals surface area contributed by atoms with Crippen LogP contribution in [-0.2, 0) is 0 Å². The van der Waals surface area contributed by atoms with E-state index in [-0.39, 0.29) is 0 Å². The number of allylic oxidation sites excluding steroid dienone is 2. The fraction of sp³-hybridized carbons (Fsp3) is 0.778. The van der Waals surface area contributed by atoms with E-state index in [0.717, 1.165) is 9.84 Å². The molecule has 58 valence electrons. The fourth-order valence-corrected chi connectivity index (χ4v) is 2.55. The van der Waals surface area contributed by atoms with Crippen LogP contribution < -0.4 is 0 Å². The van der Waals surface area contributed by atoms with Gasteiger partial charge in [0.05, 0.1) is 0 Å². The molecule has 0 fully saturated rings. The van der Waals surface area contributed by atoms with Crippen molar-refractivity contribution >= 4 is 22.6 Å². The predicted octanol–water partition coefficient (Wildman–Crippen LogP) is 3.41. The zero-order valence-corrected chi connectivity index (χ0v) is 9.05. The van der Waals surface area contributed by atoms with Crippen molar-refractivity contribution in [2.75, 3.05) is 0 Å². The van der Waals surface area contributed by atoms with Gasteiger partial charge in [0.25, 0.3) is 0 Å². The summed E-state index contributed by atoms with van der Waals surface area (Å²) in [5.41, 5.74) is 0.514. The van der Waals surface area contributed by atoms with Gasteiger partial charge in [0.2, 0.25) is 0 Å². The monoisotopic (exact) mass is 250 g/mol. The smallest absolute Gasteiger partial charge is 0.0320 e. The molecule has 0 N–H and O–H groups in total. The first-order valence-electron chi connectivity index (χ1n) is 3.85. The molecule has 0 nitrogen and oxygen atoms in total. The summed E-state index contributed by atoms with van der Waals surface area (Å²) < 4.78 is 0.737. The van der Waals surface area contributed by atoms with Gasteiger partial charge in [-0.05, 0) is 17.8 Å². The molecule has 0 bridgehead atoms. The first-order chi connectivity index (χ1) is 4.54. The van der Waals surface area contributed by atoms with Gasteiger partial charge >= 0.3 is 0 Å². The lowest BCUT2D eigenvalue weighted by Gasteiger charge is -2.36. The van der Waals surface area contributed by atoms with E-state index in [2.05, 4.69) is 55.5 Å². The fourth-order valence-electron chi connectivity index (χ4n) is 1.29. The third-order valence-electron chi connectivity index (χ3n) is 2.67. The highest BCUT2D eigenvalue weighted by molar-refractivity contribution is 14.1. The van der Waals surface area contributed by atoms with E-state index in [1.807, 2.05) is 0 Å². The molecule has 1 aliphatic rings. The molecule has 0 aromatic carbocycles. The summed E-state index contributed by atoms with van der Waals surface area (Å²) in [6.45, 7) is 7.06. The lowest BCUT2D eigenvalue weighted by Crippen LogP contribution is -2.29. The first-order valence-corrected chi connectivity index (χ1v) is 5.09. The number of halogens is 1. The number of hydrogen-bond acceptors (Lipinski definition) is 0. The minimum atomic E-state index is 0.514. The normalized spacial score (nSPS) is 38.0. The van der Waals surface area contributed by atoms with Gasteiger partial charge in [0, 0.05) is 3.92 Å². The van der Waals surface area contributed by atoms with E-state index >= 15 is 0 Å². The molecule has 2 atom stereocenters. The summed E-state index contributed by atoms with van der Waals surface area (Å²) in [6.07, 6.45) is 5.89. The van der Waals surface area contributed by atoms with Crippen molar-refractivity contribution in [2.45, 2.75) is 31.1 Å². The van der Waals surface area contributed by atoms with E-state index in [1.54, 1.807) is 0 Å². The number of alkyl halides is 1. The molecule has 0 saturated carbocycles. The van der Waals surface area contributed by atoms with Crippen molar-refractivity contribution in [3.8, 4) is 0 Å². The topological polar surface area (TPSA) is 0 Å². The molecule has 10 heavy (non-hydrogen) atoms. The van der Waals surface area contributed by atoms with Gasteiger partial charge in [-0.1, -0.05) is 55.5 Å². The second-order valence-electron chi connectivity index (χ2n) is 3.85. The Bertz CT molecular complexity index is 147. The number of hydrogen-bond donors (Lipinski definition) is 0. The Labute approximate surface area is 77.2 Å². The second kappa shape index (κ2) is 2.84. The maximum atomic E-state index is 2.52. The molecule has 1 heteroatoms. The summed E-state index contributed by atoms with van der Waals surface area (Å²) in [6, 6.07) is 0. The molecule has 2 unspecified atom stereocenters. The Balaban J connectivity index is 2.75. The molecule has 1 rings (SSSR count). The van der Waals surface area contributed by atoms with Gasteiger partial charge in [0.15, 0.2) is 0 Å². The summed E-state index contributed by atoms with van der Waals surface area (Å²) >= 11 is 2.52. The summed E-state index contributed by atoms with van der Waals surface area (Å²) in [7, 11) is 0. The molecule has 0 aromatic rings. The maximum absolute atomic E-state index is 2.52. The molecule has 0 amide bonds. The molecular formula is C9H15I. The third kappa shape index (κ3) is 1.55. The Hall–Kier alpha value is 0.470. The lowest BCUT2D eigenvalue weighted by atomic mass is 9.73. The van der Waals surface area contributed by atoms with Crippen LogP contribution in [0.2, 0.25) is 0 Å². The van der Waals surface area contributed by atoms with E-state index in [1.165, 1.54) is 6.42 Å². The Kier molecular flexibility index (Phi) is 2.43. The van der Waals surface area contributed by atoms with Gasteiger partial charge in [0.1, 0.15) is 0 Å².